The van der Waals surface area contributed by atoms with Gasteiger partial charge in [-0.15, -0.1) is 0 Å². The molecular formula is C14H19NO2. The van der Waals surface area contributed by atoms with Crippen LogP contribution in [0, 0.1) is 5.41 Å². The highest BCUT2D eigenvalue weighted by atomic mass is 16.4. The van der Waals surface area contributed by atoms with Gasteiger partial charge in [-0.25, -0.2) is 0 Å². The van der Waals surface area contributed by atoms with Crippen LogP contribution in [0.1, 0.15) is 31.2 Å². The fraction of sp³-hybridized carbons (Fsp3) is 0.500. The van der Waals surface area contributed by atoms with Gasteiger partial charge in [-0.1, -0.05) is 30.3 Å². The first kappa shape index (κ1) is 12.1. The summed E-state index contributed by atoms with van der Waals surface area (Å²) in [5.41, 5.74) is 6.36. The third-order valence-corrected chi connectivity index (χ3v) is 3.83. The Morgan fingerprint density at radius 2 is 1.88 bits per heavy atom. The van der Waals surface area contributed by atoms with Crippen LogP contribution in [-0.4, -0.2) is 17.1 Å². The normalized spacial score (nSPS) is 28.9. The van der Waals surface area contributed by atoms with E-state index in [9.17, 15) is 9.90 Å². The minimum atomic E-state index is -0.673. The molecule has 0 radical (unpaired) electrons. The number of benzene rings is 1. The summed E-state index contributed by atoms with van der Waals surface area (Å²) in [7, 11) is 0. The SMILES string of the molecule is NC1CCC(Cc2ccccc2)(C(=O)O)CC1. The Balaban J connectivity index is 2.15. The van der Waals surface area contributed by atoms with Crippen molar-refractivity contribution in [3.8, 4) is 0 Å². The molecule has 1 aliphatic rings. The molecule has 0 heterocycles. The molecule has 0 unspecified atom stereocenters. The summed E-state index contributed by atoms with van der Waals surface area (Å²) in [4.78, 5) is 11.5. The fourth-order valence-electron chi connectivity index (χ4n) is 2.65. The first-order chi connectivity index (χ1) is 8.12. The Bertz CT molecular complexity index is 380. The van der Waals surface area contributed by atoms with E-state index in [-0.39, 0.29) is 6.04 Å². The van der Waals surface area contributed by atoms with Gasteiger partial charge >= 0.3 is 5.97 Å². The van der Waals surface area contributed by atoms with Crippen molar-refractivity contribution in [2.45, 2.75) is 38.1 Å². The van der Waals surface area contributed by atoms with Crippen LogP contribution in [0.4, 0.5) is 0 Å². The summed E-state index contributed by atoms with van der Waals surface area (Å²) in [6, 6.07) is 10.0. The van der Waals surface area contributed by atoms with Gasteiger partial charge in [0.05, 0.1) is 5.41 Å². The van der Waals surface area contributed by atoms with Crippen molar-refractivity contribution in [2.24, 2.45) is 11.1 Å². The molecule has 0 atom stereocenters. The van der Waals surface area contributed by atoms with Crippen molar-refractivity contribution >= 4 is 5.97 Å². The van der Waals surface area contributed by atoms with Gasteiger partial charge < -0.3 is 10.8 Å². The van der Waals surface area contributed by atoms with Gasteiger partial charge in [-0.2, -0.15) is 0 Å². The molecule has 3 nitrogen and oxygen atoms in total. The largest absolute Gasteiger partial charge is 0.481 e. The topological polar surface area (TPSA) is 63.3 Å². The van der Waals surface area contributed by atoms with Gasteiger partial charge in [0.2, 0.25) is 0 Å². The Morgan fingerprint density at radius 3 is 2.41 bits per heavy atom. The maximum absolute atomic E-state index is 11.5. The fourth-order valence-corrected chi connectivity index (χ4v) is 2.65. The van der Waals surface area contributed by atoms with E-state index in [1.54, 1.807) is 0 Å². The highest BCUT2D eigenvalue weighted by Gasteiger charge is 2.41. The zero-order valence-corrected chi connectivity index (χ0v) is 9.93. The summed E-state index contributed by atoms with van der Waals surface area (Å²) in [6.07, 6.45) is 3.64. The number of hydrogen-bond acceptors (Lipinski definition) is 2. The van der Waals surface area contributed by atoms with E-state index in [4.69, 9.17) is 5.73 Å². The molecule has 2 rings (SSSR count). The van der Waals surface area contributed by atoms with Crippen LogP contribution in [0.15, 0.2) is 30.3 Å². The minimum absolute atomic E-state index is 0.179. The molecule has 1 aromatic carbocycles. The molecule has 0 saturated heterocycles. The van der Waals surface area contributed by atoms with Gasteiger partial charge in [0.25, 0.3) is 0 Å². The summed E-state index contributed by atoms with van der Waals surface area (Å²) in [5.74, 6) is -0.673. The number of carboxylic acid groups (broad SMARTS) is 1. The molecule has 0 spiro atoms. The monoisotopic (exact) mass is 233 g/mol. The Kier molecular flexibility index (Phi) is 3.48. The van der Waals surface area contributed by atoms with E-state index in [2.05, 4.69) is 0 Å². The van der Waals surface area contributed by atoms with Crippen molar-refractivity contribution in [1.29, 1.82) is 0 Å². The highest BCUT2D eigenvalue weighted by molar-refractivity contribution is 5.75. The maximum atomic E-state index is 11.5. The molecule has 0 aromatic heterocycles. The number of nitrogens with two attached hydrogens (primary N) is 1. The number of carbonyl (C=O) groups is 1. The summed E-state index contributed by atoms with van der Waals surface area (Å²) >= 11 is 0. The lowest BCUT2D eigenvalue weighted by atomic mass is 9.69. The zero-order chi connectivity index (χ0) is 12.3. The number of aliphatic carboxylic acids is 1. The Hall–Kier alpha value is -1.35. The lowest BCUT2D eigenvalue weighted by molar-refractivity contribution is -0.151. The van der Waals surface area contributed by atoms with E-state index in [1.165, 1.54) is 0 Å². The predicted molar refractivity (Wildman–Crippen MR) is 66.7 cm³/mol. The third kappa shape index (κ3) is 2.67. The molecule has 1 aliphatic carbocycles. The van der Waals surface area contributed by atoms with E-state index < -0.39 is 11.4 Å². The van der Waals surface area contributed by atoms with Crippen molar-refractivity contribution in [1.82, 2.24) is 0 Å². The minimum Gasteiger partial charge on any atom is -0.481 e. The Morgan fingerprint density at radius 1 is 1.29 bits per heavy atom. The number of carboxylic acids is 1. The summed E-state index contributed by atoms with van der Waals surface area (Å²) in [6.45, 7) is 0. The van der Waals surface area contributed by atoms with Gasteiger partial charge in [-0.05, 0) is 37.7 Å². The molecular weight excluding hydrogens is 214 g/mol. The molecule has 17 heavy (non-hydrogen) atoms. The van der Waals surface area contributed by atoms with Crippen LogP contribution in [0.25, 0.3) is 0 Å². The van der Waals surface area contributed by atoms with Crippen LogP contribution < -0.4 is 5.73 Å². The lowest BCUT2D eigenvalue weighted by Crippen LogP contribution is -2.40. The van der Waals surface area contributed by atoms with Crippen LogP contribution in [0.5, 0.6) is 0 Å². The number of hydrogen-bond donors (Lipinski definition) is 2. The molecule has 3 N–H and O–H groups in total. The highest BCUT2D eigenvalue weighted by Crippen LogP contribution is 2.39. The molecule has 0 aliphatic heterocycles. The molecule has 3 heteroatoms. The number of rotatable bonds is 3. The van der Waals surface area contributed by atoms with Crippen molar-refractivity contribution in [3.05, 3.63) is 35.9 Å². The first-order valence-electron chi connectivity index (χ1n) is 6.15. The van der Waals surface area contributed by atoms with E-state index in [0.29, 0.717) is 19.3 Å². The van der Waals surface area contributed by atoms with Crippen LogP contribution in [0.2, 0.25) is 0 Å². The summed E-state index contributed by atoms with van der Waals surface area (Å²) < 4.78 is 0. The van der Waals surface area contributed by atoms with Crippen LogP contribution >= 0.6 is 0 Å². The Labute approximate surface area is 102 Å². The third-order valence-electron chi connectivity index (χ3n) is 3.83. The van der Waals surface area contributed by atoms with E-state index in [0.717, 1.165) is 18.4 Å². The van der Waals surface area contributed by atoms with Crippen LogP contribution in [0.3, 0.4) is 0 Å². The second-order valence-corrected chi connectivity index (χ2v) is 5.09. The smallest absolute Gasteiger partial charge is 0.309 e. The summed E-state index contributed by atoms with van der Waals surface area (Å²) in [5, 5.41) is 9.50. The quantitative estimate of drug-likeness (QED) is 0.841. The average molecular weight is 233 g/mol. The molecule has 92 valence electrons. The van der Waals surface area contributed by atoms with Gasteiger partial charge in [-0.3, -0.25) is 4.79 Å². The van der Waals surface area contributed by atoms with Crippen molar-refractivity contribution < 1.29 is 9.90 Å². The van der Waals surface area contributed by atoms with Gasteiger partial charge in [0.1, 0.15) is 0 Å². The molecule has 1 aromatic rings. The zero-order valence-electron chi connectivity index (χ0n) is 9.93. The van der Waals surface area contributed by atoms with Gasteiger partial charge in [0, 0.05) is 6.04 Å². The predicted octanol–water partition coefficient (Wildman–Crippen LogP) is 2.20. The molecule has 0 bridgehead atoms. The molecule has 1 saturated carbocycles. The average Bonchev–Trinajstić information content (AvgIpc) is 2.33. The van der Waals surface area contributed by atoms with E-state index >= 15 is 0 Å². The van der Waals surface area contributed by atoms with Crippen molar-refractivity contribution in [2.75, 3.05) is 0 Å². The molecule has 0 amide bonds. The van der Waals surface area contributed by atoms with Crippen LogP contribution in [-0.2, 0) is 11.2 Å². The second-order valence-electron chi connectivity index (χ2n) is 5.09. The molecule has 1 fully saturated rings. The second kappa shape index (κ2) is 4.88. The standard InChI is InChI=1S/C14H19NO2/c15-12-6-8-14(9-7-12,13(16)17)10-11-4-2-1-3-5-11/h1-5,12H,6-10,15H2,(H,16,17). The first-order valence-corrected chi connectivity index (χ1v) is 6.15. The van der Waals surface area contributed by atoms with Gasteiger partial charge in [0.15, 0.2) is 0 Å². The maximum Gasteiger partial charge on any atom is 0.309 e. The van der Waals surface area contributed by atoms with Crippen molar-refractivity contribution in [3.63, 3.8) is 0 Å². The lowest BCUT2D eigenvalue weighted by Gasteiger charge is -2.35. The van der Waals surface area contributed by atoms with E-state index in [1.807, 2.05) is 30.3 Å².